The monoisotopic (exact) mass is 327 g/mol. The predicted molar refractivity (Wildman–Crippen MR) is 102 cm³/mol. The average molecular weight is 327 g/mol. The van der Waals surface area contributed by atoms with Gasteiger partial charge in [-0.3, -0.25) is 9.78 Å². The quantitative estimate of drug-likeness (QED) is 0.590. The molecule has 0 aliphatic rings. The van der Waals surface area contributed by atoms with E-state index in [2.05, 4.69) is 15.3 Å². The molecule has 4 nitrogen and oxygen atoms in total. The van der Waals surface area contributed by atoms with E-state index in [1.54, 1.807) is 12.4 Å². The van der Waals surface area contributed by atoms with Crippen LogP contribution in [0, 0.1) is 0 Å². The highest BCUT2D eigenvalue weighted by molar-refractivity contribution is 5.91. The fraction of sp³-hybridized carbons (Fsp3) is 0.0476. The summed E-state index contributed by atoms with van der Waals surface area (Å²) in [6, 6.07) is 21.8. The largest absolute Gasteiger partial charge is 0.380 e. The summed E-state index contributed by atoms with van der Waals surface area (Å²) >= 11 is 0. The normalized spacial score (nSPS) is 10.7. The highest BCUT2D eigenvalue weighted by atomic mass is 16.1. The SMILES string of the molecule is O=c1[nH]cc(-c2ccccc2)cc1CNc1cccc2ncccc12. The van der Waals surface area contributed by atoms with Gasteiger partial charge >= 0.3 is 0 Å². The number of hydrogen-bond acceptors (Lipinski definition) is 3. The number of aromatic amines is 1. The van der Waals surface area contributed by atoms with Crippen LogP contribution in [0.3, 0.4) is 0 Å². The van der Waals surface area contributed by atoms with E-state index in [0.29, 0.717) is 12.1 Å². The number of fused-ring (bicyclic) bond motifs is 1. The smallest absolute Gasteiger partial charge is 0.252 e. The van der Waals surface area contributed by atoms with E-state index < -0.39 is 0 Å². The van der Waals surface area contributed by atoms with Crippen molar-refractivity contribution in [2.45, 2.75) is 6.54 Å². The van der Waals surface area contributed by atoms with Crippen molar-refractivity contribution in [3.05, 3.63) is 95.0 Å². The van der Waals surface area contributed by atoms with Gasteiger partial charge in [0.25, 0.3) is 5.56 Å². The van der Waals surface area contributed by atoms with Crippen molar-refractivity contribution in [1.29, 1.82) is 0 Å². The molecule has 4 heteroatoms. The van der Waals surface area contributed by atoms with E-state index in [0.717, 1.165) is 27.7 Å². The van der Waals surface area contributed by atoms with Crippen LogP contribution in [0.2, 0.25) is 0 Å². The first kappa shape index (κ1) is 15.1. The van der Waals surface area contributed by atoms with Crippen LogP contribution in [0.1, 0.15) is 5.56 Å². The topological polar surface area (TPSA) is 57.8 Å². The van der Waals surface area contributed by atoms with Gasteiger partial charge in [0.15, 0.2) is 0 Å². The lowest BCUT2D eigenvalue weighted by molar-refractivity contribution is 1.07. The zero-order valence-electron chi connectivity index (χ0n) is 13.6. The lowest BCUT2D eigenvalue weighted by Crippen LogP contribution is -2.15. The number of nitrogens with one attached hydrogen (secondary N) is 2. The second-order valence-electron chi connectivity index (χ2n) is 5.84. The van der Waals surface area contributed by atoms with Crippen LogP contribution in [0.4, 0.5) is 5.69 Å². The molecule has 0 aliphatic carbocycles. The zero-order valence-corrected chi connectivity index (χ0v) is 13.6. The van der Waals surface area contributed by atoms with Crippen LogP contribution in [-0.2, 0) is 6.54 Å². The predicted octanol–water partition coefficient (Wildman–Crippen LogP) is 4.20. The summed E-state index contributed by atoms with van der Waals surface area (Å²) in [6.45, 7) is 0.448. The number of nitrogens with zero attached hydrogens (tertiary/aromatic N) is 1. The maximum atomic E-state index is 12.2. The zero-order chi connectivity index (χ0) is 17.1. The highest BCUT2D eigenvalue weighted by Gasteiger charge is 2.06. The van der Waals surface area contributed by atoms with Crippen molar-refractivity contribution in [2.24, 2.45) is 0 Å². The third-order valence-electron chi connectivity index (χ3n) is 4.20. The molecule has 4 rings (SSSR count). The van der Waals surface area contributed by atoms with Gasteiger partial charge in [0.2, 0.25) is 0 Å². The molecular formula is C21H17N3O. The summed E-state index contributed by atoms with van der Waals surface area (Å²) in [5.41, 5.74) is 4.59. The van der Waals surface area contributed by atoms with Crippen molar-refractivity contribution < 1.29 is 0 Å². The summed E-state index contributed by atoms with van der Waals surface area (Å²) in [4.78, 5) is 19.4. The van der Waals surface area contributed by atoms with Gasteiger partial charge in [-0.05, 0) is 41.5 Å². The van der Waals surface area contributed by atoms with Crippen LogP contribution < -0.4 is 10.9 Å². The molecular weight excluding hydrogens is 310 g/mol. The summed E-state index contributed by atoms with van der Waals surface area (Å²) in [5.74, 6) is 0. The van der Waals surface area contributed by atoms with Crippen LogP contribution in [0.25, 0.3) is 22.0 Å². The highest BCUT2D eigenvalue weighted by Crippen LogP contribution is 2.22. The van der Waals surface area contributed by atoms with Crippen LogP contribution in [0.15, 0.2) is 83.9 Å². The third kappa shape index (κ3) is 3.15. The van der Waals surface area contributed by atoms with Crippen LogP contribution >= 0.6 is 0 Å². The third-order valence-corrected chi connectivity index (χ3v) is 4.20. The molecule has 0 amide bonds. The number of pyridine rings is 2. The van der Waals surface area contributed by atoms with E-state index in [1.165, 1.54) is 0 Å². The second kappa shape index (κ2) is 6.61. The molecule has 2 N–H and O–H groups in total. The number of H-pyrrole nitrogens is 1. The first-order chi connectivity index (χ1) is 12.3. The lowest BCUT2D eigenvalue weighted by atomic mass is 10.1. The minimum Gasteiger partial charge on any atom is -0.380 e. The Kier molecular flexibility index (Phi) is 4.01. The van der Waals surface area contributed by atoms with Crippen molar-refractivity contribution in [3.63, 3.8) is 0 Å². The fourth-order valence-electron chi connectivity index (χ4n) is 2.91. The molecule has 0 aliphatic heterocycles. The fourth-order valence-corrected chi connectivity index (χ4v) is 2.91. The Morgan fingerprint density at radius 2 is 1.80 bits per heavy atom. The molecule has 0 fully saturated rings. The summed E-state index contributed by atoms with van der Waals surface area (Å²) in [6.07, 6.45) is 3.53. The van der Waals surface area contributed by atoms with Gasteiger partial charge in [-0.2, -0.15) is 0 Å². The number of rotatable bonds is 4. The summed E-state index contributed by atoms with van der Waals surface area (Å²) < 4.78 is 0. The van der Waals surface area contributed by atoms with Gasteiger partial charge in [-0.25, -0.2) is 0 Å². The second-order valence-corrected chi connectivity index (χ2v) is 5.84. The molecule has 25 heavy (non-hydrogen) atoms. The Morgan fingerprint density at radius 1 is 0.920 bits per heavy atom. The molecule has 4 aromatic rings. The maximum absolute atomic E-state index is 12.2. The van der Waals surface area contributed by atoms with E-state index in [9.17, 15) is 4.79 Å². The molecule has 2 aromatic carbocycles. The van der Waals surface area contributed by atoms with Crippen molar-refractivity contribution >= 4 is 16.6 Å². The molecule has 0 radical (unpaired) electrons. The Hall–Kier alpha value is -3.40. The van der Waals surface area contributed by atoms with Gasteiger partial charge in [-0.1, -0.05) is 36.4 Å². The minimum atomic E-state index is -0.0782. The van der Waals surface area contributed by atoms with Crippen molar-refractivity contribution in [3.8, 4) is 11.1 Å². The molecule has 0 saturated carbocycles. The Bertz CT molecular complexity index is 1070. The molecule has 122 valence electrons. The van der Waals surface area contributed by atoms with Crippen molar-refractivity contribution in [1.82, 2.24) is 9.97 Å². The van der Waals surface area contributed by atoms with Crippen LogP contribution in [-0.4, -0.2) is 9.97 Å². The number of hydrogen-bond donors (Lipinski definition) is 2. The Morgan fingerprint density at radius 3 is 2.68 bits per heavy atom. The lowest BCUT2D eigenvalue weighted by Gasteiger charge is -2.10. The van der Waals surface area contributed by atoms with Gasteiger partial charge in [0.05, 0.1) is 5.52 Å². The average Bonchev–Trinajstić information content (AvgIpc) is 2.68. The molecule has 0 atom stereocenters. The molecule has 0 saturated heterocycles. The number of anilines is 1. The molecule has 2 heterocycles. The Labute approximate surface area is 145 Å². The summed E-state index contributed by atoms with van der Waals surface area (Å²) in [7, 11) is 0. The molecule has 0 spiro atoms. The standard InChI is InChI=1S/C21H17N3O/c25-21-17(12-16(13-24-21)15-6-2-1-3-7-15)14-23-20-10-4-9-19-18(20)8-5-11-22-19/h1-13,23H,14H2,(H,24,25). The molecule has 2 aromatic heterocycles. The number of benzene rings is 2. The van der Waals surface area contributed by atoms with E-state index in [1.807, 2.05) is 66.7 Å². The minimum absolute atomic E-state index is 0.0782. The van der Waals surface area contributed by atoms with Gasteiger partial charge < -0.3 is 10.3 Å². The molecule has 0 bridgehead atoms. The van der Waals surface area contributed by atoms with E-state index in [4.69, 9.17) is 0 Å². The first-order valence-electron chi connectivity index (χ1n) is 8.16. The molecule has 0 unspecified atom stereocenters. The van der Waals surface area contributed by atoms with Gasteiger partial charge in [0.1, 0.15) is 0 Å². The first-order valence-corrected chi connectivity index (χ1v) is 8.16. The Balaban J connectivity index is 1.64. The van der Waals surface area contributed by atoms with Crippen molar-refractivity contribution in [2.75, 3.05) is 5.32 Å². The van der Waals surface area contributed by atoms with Crippen LogP contribution in [0.5, 0.6) is 0 Å². The maximum Gasteiger partial charge on any atom is 0.252 e. The van der Waals surface area contributed by atoms with Gasteiger partial charge in [0, 0.05) is 35.6 Å². The van der Waals surface area contributed by atoms with E-state index >= 15 is 0 Å². The number of aromatic nitrogens is 2. The summed E-state index contributed by atoms with van der Waals surface area (Å²) in [5, 5.41) is 4.41. The van der Waals surface area contributed by atoms with Gasteiger partial charge in [-0.15, -0.1) is 0 Å². The van der Waals surface area contributed by atoms with E-state index in [-0.39, 0.29) is 5.56 Å².